The van der Waals surface area contributed by atoms with Crippen LogP contribution in [0.2, 0.25) is 0 Å². The number of amides is 2. The second-order valence-corrected chi connectivity index (χ2v) is 5.76. The maximum Gasteiger partial charge on any atom is 0.234 e. The summed E-state index contributed by atoms with van der Waals surface area (Å²) in [5, 5.41) is 5.63. The first-order valence-electron chi connectivity index (χ1n) is 6.93. The summed E-state index contributed by atoms with van der Waals surface area (Å²) < 4.78 is 0. The van der Waals surface area contributed by atoms with Crippen LogP contribution in [0.25, 0.3) is 0 Å². The third-order valence-corrected chi connectivity index (χ3v) is 3.88. The van der Waals surface area contributed by atoms with E-state index < -0.39 is 0 Å². The third kappa shape index (κ3) is 5.26. The Morgan fingerprint density at radius 1 is 0.864 bits per heavy atom. The Bertz CT molecular complexity index is 644. The lowest BCUT2D eigenvalue weighted by Gasteiger charge is -2.08. The highest BCUT2D eigenvalue weighted by Gasteiger charge is 2.07. The van der Waals surface area contributed by atoms with E-state index in [4.69, 9.17) is 0 Å². The number of para-hydroxylation sites is 2. The average Bonchev–Trinajstić information content (AvgIpc) is 2.50. The van der Waals surface area contributed by atoms with E-state index >= 15 is 0 Å². The Labute approximate surface area is 134 Å². The van der Waals surface area contributed by atoms with E-state index in [0.717, 1.165) is 16.9 Å². The quantitative estimate of drug-likeness (QED) is 0.860. The van der Waals surface area contributed by atoms with E-state index in [9.17, 15) is 9.59 Å². The molecular weight excluding hydrogens is 296 g/mol. The molecule has 2 N–H and O–H groups in total. The molecule has 2 rings (SSSR count). The molecule has 0 radical (unpaired) electrons. The van der Waals surface area contributed by atoms with Gasteiger partial charge in [0.25, 0.3) is 0 Å². The molecule has 0 atom stereocenters. The van der Waals surface area contributed by atoms with Gasteiger partial charge in [-0.25, -0.2) is 0 Å². The first-order chi connectivity index (χ1) is 10.6. The number of rotatable bonds is 6. The van der Waals surface area contributed by atoms with Gasteiger partial charge in [0, 0.05) is 11.4 Å². The van der Waals surface area contributed by atoms with Gasteiger partial charge in [0.05, 0.1) is 11.5 Å². The van der Waals surface area contributed by atoms with Crippen LogP contribution in [0.15, 0.2) is 54.6 Å². The predicted molar refractivity (Wildman–Crippen MR) is 92.2 cm³/mol. The van der Waals surface area contributed by atoms with Crippen LogP contribution in [0.5, 0.6) is 0 Å². The summed E-state index contributed by atoms with van der Waals surface area (Å²) in [5.74, 6) is 0.277. The van der Waals surface area contributed by atoms with Crippen molar-refractivity contribution in [3.63, 3.8) is 0 Å². The minimum absolute atomic E-state index is 0.105. The number of hydrogen-bond acceptors (Lipinski definition) is 3. The SMILES string of the molecule is Cc1ccccc1NC(=O)CSCC(=O)Nc1ccccc1. The van der Waals surface area contributed by atoms with Gasteiger partial charge >= 0.3 is 0 Å². The van der Waals surface area contributed by atoms with Crippen molar-refractivity contribution in [1.29, 1.82) is 0 Å². The summed E-state index contributed by atoms with van der Waals surface area (Å²) >= 11 is 1.29. The zero-order valence-electron chi connectivity index (χ0n) is 12.3. The van der Waals surface area contributed by atoms with E-state index in [-0.39, 0.29) is 23.3 Å². The lowest BCUT2D eigenvalue weighted by atomic mass is 10.2. The highest BCUT2D eigenvalue weighted by atomic mass is 32.2. The zero-order valence-corrected chi connectivity index (χ0v) is 13.2. The molecule has 0 heterocycles. The number of aryl methyl sites for hydroxylation is 1. The molecule has 0 aliphatic heterocycles. The molecule has 0 saturated heterocycles. The molecule has 0 fully saturated rings. The monoisotopic (exact) mass is 314 g/mol. The highest BCUT2D eigenvalue weighted by Crippen LogP contribution is 2.14. The summed E-state index contributed by atoms with van der Waals surface area (Å²) in [6.45, 7) is 1.94. The first kappa shape index (κ1) is 16.1. The van der Waals surface area contributed by atoms with E-state index in [1.54, 1.807) is 0 Å². The topological polar surface area (TPSA) is 58.2 Å². The molecular formula is C17H18N2O2S. The molecule has 0 saturated carbocycles. The lowest BCUT2D eigenvalue weighted by Crippen LogP contribution is -2.18. The summed E-state index contributed by atoms with van der Waals surface area (Å²) in [6, 6.07) is 16.9. The van der Waals surface area contributed by atoms with Crippen molar-refractivity contribution in [2.45, 2.75) is 6.92 Å². The van der Waals surface area contributed by atoms with Gasteiger partial charge in [-0.05, 0) is 30.7 Å². The van der Waals surface area contributed by atoms with Crippen molar-refractivity contribution in [1.82, 2.24) is 0 Å². The normalized spacial score (nSPS) is 10.0. The fourth-order valence-corrected chi connectivity index (χ4v) is 2.47. The maximum absolute atomic E-state index is 11.8. The van der Waals surface area contributed by atoms with Crippen LogP contribution in [0.3, 0.4) is 0 Å². The molecule has 22 heavy (non-hydrogen) atoms. The van der Waals surface area contributed by atoms with Gasteiger partial charge in [-0.3, -0.25) is 9.59 Å². The molecule has 5 heteroatoms. The molecule has 2 aromatic rings. The van der Waals surface area contributed by atoms with Gasteiger partial charge in [0.2, 0.25) is 11.8 Å². The van der Waals surface area contributed by atoms with E-state index in [1.165, 1.54) is 11.8 Å². The van der Waals surface area contributed by atoms with Gasteiger partial charge in [-0.2, -0.15) is 0 Å². The number of carbonyl (C=O) groups is 2. The first-order valence-corrected chi connectivity index (χ1v) is 8.09. The molecule has 0 unspecified atom stereocenters. The van der Waals surface area contributed by atoms with Crippen molar-refractivity contribution in [3.8, 4) is 0 Å². The van der Waals surface area contributed by atoms with Crippen LogP contribution >= 0.6 is 11.8 Å². The van der Waals surface area contributed by atoms with E-state index in [1.807, 2.05) is 61.5 Å². The Hall–Kier alpha value is -2.27. The number of thioether (sulfide) groups is 1. The van der Waals surface area contributed by atoms with E-state index in [2.05, 4.69) is 10.6 Å². The van der Waals surface area contributed by atoms with Crippen molar-refractivity contribution in [2.75, 3.05) is 22.1 Å². The fraction of sp³-hybridized carbons (Fsp3) is 0.176. The van der Waals surface area contributed by atoms with Crippen molar-refractivity contribution >= 4 is 35.0 Å². The standard InChI is InChI=1S/C17H18N2O2S/c1-13-7-5-6-10-15(13)19-17(21)12-22-11-16(20)18-14-8-3-2-4-9-14/h2-10H,11-12H2,1H3,(H,18,20)(H,19,21). The van der Waals surface area contributed by atoms with Crippen LogP contribution in [0.4, 0.5) is 11.4 Å². The van der Waals surface area contributed by atoms with Crippen molar-refractivity contribution in [3.05, 3.63) is 60.2 Å². The number of benzene rings is 2. The van der Waals surface area contributed by atoms with Gasteiger partial charge in [0.15, 0.2) is 0 Å². The van der Waals surface area contributed by atoms with Crippen LogP contribution in [-0.4, -0.2) is 23.3 Å². The Morgan fingerprint density at radius 2 is 1.45 bits per heavy atom. The largest absolute Gasteiger partial charge is 0.325 e. The molecule has 0 spiro atoms. The second kappa shape index (κ2) is 8.24. The predicted octanol–water partition coefficient (Wildman–Crippen LogP) is 3.31. The smallest absolute Gasteiger partial charge is 0.234 e. The molecule has 2 amide bonds. The molecule has 0 aromatic heterocycles. The van der Waals surface area contributed by atoms with Gasteiger partial charge in [-0.1, -0.05) is 36.4 Å². The molecule has 0 aliphatic rings. The number of anilines is 2. The van der Waals surface area contributed by atoms with Crippen molar-refractivity contribution in [2.24, 2.45) is 0 Å². The molecule has 0 bridgehead atoms. The lowest BCUT2D eigenvalue weighted by molar-refractivity contribution is -0.114. The van der Waals surface area contributed by atoms with Gasteiger partial charge in [0.1, 0.15) is 0 Å². The van der Waals surface area contributed by atoms with Gasteiger partial charge < -0.3 is 10.6 Å². The number of hydrogen-bond donors (Lipinski definition) is 2. The average molecular weight is 314 g/mol. The maximum atomic E-state index is 11.8. The summed E-state index contributed by atoms with van der Waals surface area (Å²) in [5.41, 5.74) is 2.59. The third-order valence-electron chi connectivity index (χ3n) is 2.94. The summed E-state index contributed by atoms with van der Waals surface area (Å²) in [7, 11) is 0. The van der Waals surface area contributed by atoms with Crippen molar-refractivity contribution < 1.29 is 9.59 Å². The Balaban J connectivity index is 1.71. The molecule has 4 nitrogen and oxygen atoms in total. The van der Waals surface area contributed by atoms with Crippen LogP contribution in [-0.2, 0) is 9.59 Å². The zero-order chi connectivity index (χ0) is 15.8. The molecule has 2 aromatic carbocycles. The number of nitrogens with one attached hydrogen (secondary N) is 2. The summed E-state index contributed by atoms with van der Waals surface area (Å²) in [4.78, 5) is 23.6. The minimum atomic E-state index is -0.111. The molecule has 0 aliphatic carbocycles. The van der Waals surface area contributed by atoms with E-state index in [0.29, 0.717) is 0 Å². The Morgan fingerprint density at radius 3 is 2.14 bits per heavy atom. The van der Waals surface area contributed by atoms with Crippen LogP contribution < -0.4 is 10.6 Å². The van der Waals surface area contributed by atoms with Gasteiger partial charge in [-0.15, -0.1) is 11.8 Å². The summed E-state index contributed by atoms with van der Waals surface area (Å²) in [6.07, 6.45) is 0. The van der Waals surface area contributed by atoms with Crippen LogP contribution in [0, 0.1) is 6.92 Å². The minimum Gasteiger partial charge on any atom is -0.325 e. The number of carbonyl (C=O) groups excluding carboxylic acids is 2. The molecule has 114 valence electrons. The Kier molecular flexibility index (Phi) is 6.03. The highest BCUT2D eigenvalue weighted by molar-refractivity contribution is 8.00. The van der Waals surface area contributed by atoms with Crippen LogP contribution in [0.1, 0.15) is 5.56 Å². The fourth-order valence-electron chi connectivity index (χ4n) is 1.85. The second-order valence-electron chi connectivity index (χ2n) is 4.77.